The molecule has 43 heavy (non-hydrogen) atoms. The Morgan fingerprint density at radius 1 is 1.00 bits per heavy atom. The fourth-order valence-electron chi connectivity index (χ4n) is 4.77. The molecule has 0 aliphatic carbocycles. The van der Waals surface area contributed by atoms with Crippen LogP contribution in [0.5, 0.6) is 17.2 Å². The van der Waals surface area contributed by atoms with Crippen LogP contribution >= 0.6 is 27.3 Å². The maximum absolute atomic E-state index is 14.1. The quantitative estimate of drug-likeness (QED) is 0.200. The molecule has 0 saturated heterocycles. The summed E-state index contributed by atoms with van der Waals surface area (Å²) < 4.78 is 24.2. The number of thiazole rings is 1. The molecule has 0 spiro atoms. The lowest BCUT2D eigenvalue weighted by molar-refractivity contribution is -0.139. The van der Waals surface area contributed by atoms with Crippen molar-refractivity contribution in [3.8, 4) is 17.2 Å². The molecular formula is C32H27BrN2O7S. The topological polar surface area (TPSA) is 105 Å². The Kier molecular flexibility index (Phi) is 8.93. The Morgan fingerprint density at radius 2 is 1.72 bits per heavy atom. The van der Waals surface area contributed by atoms with Crippen LogP contribution in [-0.2, 0) is 14.3 Å². The van der Waals surface area contributed by atoms with Crippen LogP contribution in [0.4, 0.5) is 0 Å². The first-order valence-electron chi connectivity index (χ1n) is 13.2. The Hall–Kier alpha value is -4.48. The number of hydrogen-bond acceptors (Lipinski definition) is 9. The standard InChI is InChI=1S/C32H27BrN2O7S/c1-5-41-31(38)27-28(20-9-7-6-8-10-20)34-32-35(29(27)21-12-14-24(39-3)25(17-21)40-4)30(37)26(43-32)16-19-11-13-23(22(33)15-19)42-18(2)36/h6-17,29H,5H2,1-4H3/b26-16-/t29-/m0/s1. The summed E-state index contributed by atoms with van der Waals surface area (Å²) in [4.78, 5) is 44.5. The maximum atomic E-state index is 14.1. The molecule has 0 bridgehead atoms. The van der Waals surface area contributed by atoms with E-state index in [0.717, 1.165) is 0 Å². The molecule has 0 amide bonds. The van der Waals surface area contributed by atoms with Gasteiger partial charge in [0.25, 0.3) is 5.56 Å². The van der Waals surface area contributed by atoms with Gasteiger partial charge in [-0.15, -0.1) is 0 Å². The lowest BCUT2D eigenvalue weighted by Gasteiger charge is -2.26. The van der Waals surface area contributed by atoms with Crippen LogP contribution in [-0.4, -0.2) is 37.3 Å². The Bertz CT molecular complexity index is 1930. The van der Waals surface area contributed by atoms with E-state index in [2.05, 4.69) is 15.9 Å². The Labute approximate surface area is 259 Å². The molecule has 0 N–H and O–H groups in total. The molecule has 0 saturated carbocycles. The molecule has 1 atom stereocenters. The van der Waals surface area contributed by atoms with E-state index in [-0.39, 0.29) is 17.7 Å². The zero-order chi connectivity index (χ0) is 30.7. The number of carbonyl (C=O) groups is 2. The highest BCUT2D eigenvalue weighted by Crippen LogP contribution is 2.38. The molecule has 1 aliphatic heterocycles. The van der Waals surface area contributed by atoms with E-state index >= 15 is 0 Å². The second-order valence-electron chi connectivity index (χ2n) is 9.33. The van der Waals surface area contributed by atoms with E-state index < -0.39 is 18.0 Å². The van der Waals surface area contributed by atoms with E-state index in [9.17, 15) is 14.4 Å². The molecule has 3 aromatic carbocycles. The zero-order valence-electron chi connectivity index (χ0n) is 23.8. The molecule has 0 fully saturated rings. The molecule has 9 nitrogen and oxygen atoms in total. The van der Waals surface area contributed by atoms with Crippen LogP contribution in [0.15, 0.2) is 86.6 Å². The third-order valence-electron chi connectivity index (χ3n) is 6.60. The fraction of sp³-hybridized carbons (Fsp3) is 0.188. The van der Waals surface area contributed by atoms with Gasteiger partial charge in [0.15, 0.2) is 16.3 Å². The van der Waals surface area contributed by atoms with Crippen molar-refractivity contribution in [2.75, 3.05) is 20.8 Å². The normalized spacial score (nSPS) is 14.5. The largest absolute Gasteiger partial charge is 0.493 e. The summed E-state index contributed by atoms with van der Waals surface area (Å²) in [7, 11) is 3.06. The van der Waals surface area contributed by atoms with Crippen molar-refractivity contribution >= 4 is 51.0 Å². The number of hydrogen-bond donors (Lipinski definition) is 0. The second kappa shape index (κ2) is 12.8. The lowest BCUT2D eigenvalue weighted by Crippen LogP contribution is -2.40. The van der Waals surface area contributed by atoms with Crippen molar-refractivity contribution in [3.63, 3.8) is 0 Å². The van der Waals surface area contributed by atoms with Crippen molar-refractivity contribution in [1.82, 2.24) is 4.57 Å². The average Bonchev–Trinajstić information content (AvgIpc) is 3.31. The number of methoxy groups -OCH3 is 2. The summed E-state index contributed by atoms with van der Waals surface area (Å²) in [6, 6.07) is 18.9. The monoisotopic (exact) mass is 662 g/mol. The van der Waals surface area contributed by atoms with Crippen LogP contribution in [0.3, 0.4) is 0 Å². The lowest BCUT2D eigenvalue weighted by atomic mass is 9.93. The minimum absolute atomic E-state index is 0.145. The van der Waals surface area contributed by atoms with Gasteiger partial charge in [0, 0.05) is 12.5 Å². The third kappa shape index (κ3) is 6.04. The van der Waals surface area contributed by atoms with Gasteiger partial charge in [0.1, 0.15) is 5.75 Å². The first kappa shape index (κ1) is 30.0. The minimum atomic E-state index is -0.870. The Morgan fingerprint density at radius 3 is 2.37 bits per heavy atom. The van der Waals surface area contributed by atoms with Crippen LogP contribution in [0.25, 0.3) is 11.8 Å². The molecule has 220 valence electrons. The van der Waals surface area contributed by atoms with Gasteiger partial charge in [-0.3, -0.25) is 14.2 Å². The minimum Gasteiger partial charge on any atom is -0.493 e. The number of fused-ring (bicyclic) bond motifs is 1. The number of halogens is 1. The second-order valence-corrected chi connectivity index (χ2v) is 11.2. The van der Waals surface area contributed by atoms with Crippen LogP contribution in [0, 0.1) is 0 Å². The Balaban J connectivity index is 1.79. The fourth-order valence-corrected chi connectivity index (χ4v) is 6.25. The van der Waals surface area contributed by atoms with E-state index in [1.165, 1.54) is 37.0 Å². The summed E-state index contributed by atoms with van der Waals surface area (Å²) in [5.74, 6) is 0.298. The van der Waals surface area contributed by atoms with Crippen molar-refractivity contribution in [2.24, 2.45) is 4.99 Å². The highest BCUT2D eigenvalue weighted by Gasteiger charge is 2.35. The number of carbonyl (C=O) groups excluding carboxylic acids is 2. The molecule has 1 aliphatic rings. The van der Waals surface area contributed by atoms with Gasteiger partial charge >= 0.3 is 11.9 Å². The van der Waals surface area contributed by atoms with Gasteiger partial charge in [0.05, 0.1) is 47.1 Å². The molecule has 1 aromatic heterocycles. The molecule has 2 heterocycles. The number of ether oxygens (including phenoxy) is 4. The number of rotatable bonds is 8. The average molecular weight is 664 g/mol. The van der Waals surface area contributed by atoms with Gasteiger partial charge < -0.3 is 18.9 Å². The first-order chi connectivity index (χ1) is 20.7. The van der Waals surface area contributed by atoms with Crippen molar-refractivity contribution in [2.45, 2.75) is 19.9 Å². The van der Waals surface area contributed by atoms with Crippen molar-refractivity contribution < 1.29 is 28.5 Å². The van der Waals surface area contributed by atoms with Crippen molar-refractivity contribution in [1.29, 1.82) is 0 Å². The van der Waals surface area contributed by atoms with Gasteiger partial charge in [-0.25, -0.2) is 9.79 Å². The van der Waals surface area contributed by atoms with E-state index in [1.807, 2.05) is 30.3 Å². The van der Waals surface area contributed by atoms with Crippen LogP contribution in [0.2, 0.25) is 0 Å². The summed E-state index contributed by atoms with van der Waals surface area (Å²) in [5.41, 5.74) is 2.33. The van der Waals surface area contributed by atoms with E-state index in [0.29, 0.717) is 53.4 Å². The molecule has 0 unspecified atom stereocenters. The van der Waals surface area contributed by atoms with Gasteiger partial charge in [0.2, 0.25) is 0 Å². The number of nitrogens with zero attached hydrogens (tertiary/aromatic N) is 2. The molecule has 11 heteroatoms. The SMILES string of the molecule is CCOC(=O)C1=C(c2ccccc2)N=c2s/c(=C\c3ccc(OC(C)=O)c(Br)c3)c(=O)n2[C@H]1c1ccc(OC)c(OC)c1. The predicted octanol–water partition coefficient (Wildman–Crippen LogP) is 4.64. The molecular weight excluding hydrogens is 636 g/mol. The molecule has 5 rings (SSSR count). The summed E-state index contributed by atoms with van der Waals surface area (Å²) in [6.45, 7) is 3.20. The highest BCUT2D eigenvalue weighted by molar-refractivity contribution is 9.10. The van der Waals surface area contributed by atoms with Crippen molar-refractivity contribution in [3.05, 3.63) is 113 Å². The molecule has 4 aromatic rings. The summed E-state index contributed by atoms with van der Waals surface area (Å²) in [5, 5.41) is 0. The zero-order valence-corrected chi connectivity index (χ0v) is 26.2. The summed E-state index contributed by atoms with van der Waals surface area (Å²) >= 11 is 4.63. The maximum Gasteiger partial charge on any atom is 0.338 e. The van der Waals surface area contributed by atoms with E-state index in [1.54, 1.807) is 49.4 Å². The van der Waals surface area contributed by atoms with Gasteiger partial charge in [-0.2, -0.15) is 0 Å². The predicted molar refractivity (Wildman–Crippen MR) is 166 cm³/mol. The van der Waals surface area contributed by atoms with E-state index in [4.69, 9.17) is 23.9 Å². The highest BCUT2D eigenvalue weighted by atomic mass is 79.9. The summed E-state index contributed by atoms with van der Waals surface area (Å²) in [6.07, 6.45) is 1.73. The first-order valence-corrected chi connectivity index (χ1v) is 14.8. The number of esters is 2. The third-order valence-corrected chi connectivity index (χ3v) is 8.21. The number of aromatic nitrogens is 1. The smallest absolute Gasteiger partial charge is 0.338 e. The molecule has 0 radical (unpaired) electrons. The van der Waals surface area contributed by atoms with Gasteiger partial charge in [-0.1, -0.05) is 53.8 Å². The number of benzene rings is 3. The van der Waals surface area contributed by atoms with Crippen LogP contribution in [0.1, 0.15) is 36.6 Å². The van der Waals surface area contributed by atoms with Crippen LogP contribution < -0.4 is 29.1 Å². The van der Waals surface area contributed by atoms with Gasteiger partial charge in [-0.05, 0) is 64.3 Å².